The van der Waals surface area contributed by atoms with Crippen LogP contribution < -0.4 is 11.1 Å². The molecule has 0 aliphatic heterocycles. The number of carbonyl (C=O) groups excluding carboxylic acids is 1. The van der Waals surface area contributed by atoms with Crippen LogP contribution in [0.1, 0.15) is 24.4 Å². The summed E-state index contributed by atoms with van der Waals surface area (Å²) in [6.07, 6.45) is 0.840. The molecule has 0 aromatic heterocycles. The summed E-state index contributed by atoms with van der Waals surface area (Å²) in [7, 11) is 0. The third kappa shape index (κ3) is 4.31. The summed E-state index contributed by atoms with van der Waals surface area (Å²) < 4.78 is 0.543. The first-order chi connectivity index (χ1) is 10.1. The second-order valence-corrected chi connectivity index (χ2v) is 5.59. The van der Waals surface area contributed by atoms with E-state index < -0.39 is 0 Å². The van der Waals surface area contributed by atoms with Crippen molar-refractivity contribution in [1.82, 2.24) is 0 Å². The average Bonchev–Trinajstić information content (AvgIpc) is 2.50. The van der Waals surface area contributed by atoms with E-state index in [4.69, 9.17) is 5.73 Å². The Morgan fingerprint density at radius 3 is 2.62 bits per heavy atom. The number of hydrogen-bond donors (Lipinski definition) is 3. The van der Waals surface area contributed by atoms with Crippen LogP contribution in [0.25, 0.3) is 0 Å². The SMILES string of the molecule is NC(CCC(=O)Nc1cccc(Br)c1O)c1ccccc1. The summed E-state index contributed by atoms with van der Waals surface area (Å²) in [5, 5.41) is 12.5. The molecule has 1 amide bonds. The summed E-state index contributed by atoms with van der Waals surface area (Å²) in [6.45, 7) is 0. The largest absolute Gasteiger partial charge is 0.505 e. The first-order valence-electron chi connectivity index (χ1n) is 6.66. The number of amides is 1. The van der Waals surface area contributed by atoms with Gasteiger partial charge in [-0.25, -0.2) is 0 Å². The quantitative estimate of drug-likeness (QED) is 0.723. The molecule has 2 aromatic carbocycles. The second kappa shape index (κ2) is 7.24. The Labute approximate surface area is 132 Å². The highest BCUT2D eigenvalue weighted by molar-refractivity contribution is 9.10. The Morgan fingerprint density at radius 2 is 1.90 bits per heavy atom. The van der Waals surface area contributed by atoms with Crippen LogP contribution >= 0.6 is 15.9 Å². The van der Waals surface area contributed by atoms with Gasteiger partial charge in [0.25, 0.3) is 0 Å². The maximum Gasteiger partial charge on any atom is 0.224 e. The first kappa shape index (κ1) is 15.5. The summed E-state index contributed by atoms with van der Waals surface area (Å²) in [5.74, 6) is -0.145. The van der Waals surface area contributed by atoms with Gasteiger partial charge in [-0.3, -0.25) is 4.79 Å². The van der Waals surface area contributed by atoms with Gasteiger partial charge in [0.1, 0.15) is 0 Å². The monoisotopic (exact) mass is 348 g/mol. The average molecular weight is 349 g/mol. The van der Waals surface area contributed by atoms with Gasteiger partial charge in [-0.2, -0.15) is 0 Å². The number of carbonyl (C=O) groups is 1. The van der Waals surface area contributed by atoms with E-state index in [1.54, 1.807) is 18.2 Å². The fourth-order valence-corrected chi connectivity index (χ4v) is 2.35. The summed E-state index contributed by atoms with van der Waals surface area (Å²) in [4.78, 5) is 11.9. The van der Waals surface area contributed by atoms with Crippen molar-refractivity contribution < 1.29 is 9.90 Å². The topological polar surface area (TPSA) is 75.4 Å². The van der Waals surface area contributed by atoms with Gasteiger partial charge >= 0.3 is 0 Å². The zero-order valence-corrected chi connectivity index (χ0v) is 13.0. The minimum atomic E-state index is -0.173. The Bertz CT molecular complexity index is 617. The van der Waals surface area contributed by atoms with Crippen LogP contribution in [-0.4, -0.2) is 11.0 Å². The molecule has 0 aliphatic carbocycles. The van der Waals surface area contributed by atoms with Gasteiger partial charge < -0.3 is 16.2 Å². The molecule has 5 heteroatoms. The van der Waals surface area contributed by atoms with E-state index in [9.17, 15) is 9.90 Å². The van der Waals surface area contributed by atoms with Gasteiger partial charge in [0.15, 0.2) is 5.75 Å². The van der Waals surface area contributed by atoms with Crippen molar-refractivity contribution in [3.63, 3.8) is 0 Å². The number of aromatic hydroxyl groups is 1. The zero-order valence-electron chi connectivity index (χ0n) is 11.4. The lowest BCUT2D eigenvalue weighted by Gasteiger charge is -2.12. The predicted molar refractivity (Wildman–Crippen MR) is 87.0 cm³/mol. The predicted octanol–water partition coefficient (Wildman–Crippen LogP) is 3.57. The molecule has 110 valence electrons. The van der Waals surface area contributed by atoms with Crippen molar-refractivity contribution in [1.29, 1.82) is 0 Å². The molecule has 21 heavy (non-hydrogen) atoms. The number of nitrogens with two attached hydrogens (primary N) is 1. The smallest absolute Gasteiger partial charge is 0.224 e. The first-order valence-corrected chi connectivity index (χ1v) is 7.45. The lowest BCUT2D eigenvalue weighted by atomic mass is 10.0. The van der Waals surface area contributed by atoms with Gasteiger partial charge in [-0.1, -0.05) is 36.4 Å². The fourth-order valence-electron chi connectivity index (χ4n) is 1.98. The Kier molecular flexibility index (Phi) is 5.36. The van der Waals surface area contributed by atoms with E-state index in [-0.39, 0.29) is 17.7 Å². The number of anilines is 1. The number of hydrogen-bond acceptors (Lipinski definition) is 3. The summed E-state index contributed by atoms with van der Waals surface area (Å²) >= 11 is 3.21. The van der Waals surface area contributed by atoms with E-state index in [0.717, 1.165) is 5.56 Å². The van der Waals surface area contributed by atoms with Crippen LogP contribution in [0.4, 0.5) is 5.69 Å². The standard InChI is InChI=1S/C16H17BrN2O2/c17-12-7-4-8-14(16(12)21)19-15(20)10-9-13(18)11-5-2-1-3-6-11/h1-8,13,21H,9-10,18H2,(H,19,20). The van der Waals surface area contributed by atoms with Gasteiger partial charge in [-0.05, 0) is 40.0 Å². The van der Waals surface area contributed by atoms with Crippen molar-refractivity contribution in [2.75, 3.05) is 5.32 Å². The molecule has 0 saturated heterocycles. The molecule has 0 saturated carbocycles. The highest BCUT2D eigenvalue weighted by Crippen LogP contribution is 2.31. The molecule has 4 N–H and O–H groups in total. The Balaban J connectivity index is 1.89. The Morgan fingerprint density at radius 1 is 1.19 bits per heavy atom. The van der Waals surface area contributed by atoms with E-state index in [2.05, 4.69) is 21.2 Å². The third-order valence-electron chi connectivity index (χ3n) is 3.17. The highest BCUT2D eigenvalue weighted by Gasteiger charge is 2.11. The van der Waals surface area contributed by atoms with Crippen LogP contribution in [0, 0.1) is 0 Å². The van der Waals surface area contributed by atoms with Crippen molar-refractivity contribution >= 4 is 27.5 Å². The Hall–Kier alpha value is -1.85. The normalized spacial score (nSPS) is 11.9. The number of rotatable bonds is 5. The van der Waals surface area contributed by atoms with E-state index in [0.29, 0.717) is 23.0 Å². The van der Waals surface area contributed by atoms with Crippen LogP contribution in [0.2, 0.25) is 0 Å². The summed E-state index contributed by atoms with van der Waals surface area (Å²) in [5.41, 5.74) is 7.45. The van der Waals surface area contributed by atoms with Gasteiger partial charge in [0.05, 0.1) is 10.2 Å². The minimum Gasteiger partial charge on any atom is -0.505 e. The number of para-hydroxylation sites is 1. The van der Waals surface area contributed by atoms with Crippen LogP contribution in [-0.2, 0) is 4.79 Å². The molecular weight excluding hydrogens is 332 g/mol. The zero-order chi connectivity index (χ0) is 15.2. The molecule has 4 nitrogen and oxygen atoms in total. The van der Waals surface area contributed by atoms with Crippen molar-refractivity contribution in [2.24, 2.45) is 5.73 Å². The van der Waals surface area contributed by atoms with Crippen molar-refractivity contribution in [3.05, 3.63) is 58.6 Å². The molecule has 0 aliphatic rings. The lowest BCUT2D eigenvalue weighted by Crippen LogP contribution is -2.16. The van der Waals surface area contributed by atoms with Crippen molar-refractivity contribution in [2.45, 2.75) is 18.9 Å². The molecule has 0 bridgehead atoms. The molecule has 1 atom stereocenters. The minimum absolute atomic E-state index is 0.0261. The number of phenols is 1. The lowest BCUT2D eigenvalue weighted by molar-refractivity contribution is -0.116. The van der Waals surface area contributed by atoms with E-state index in [1.165, 1.54) is 0 Å². The van der Waals surface area contributed by atoms with E-state index >= 15 is 0 Å². The van der Waals surface area contributed by atoms with Gasteiger partial charge in [0.2, 0.25) is 5.91 Å². The molecule has 1 unspecified atom stereocenters. The molecule has 0 heterocycles. The number of nitrogens with one attached hydrogen (secondary N) is 1. The fraction of sp³-hybridized carbons (Fsp3) is 0.188. The summed E-state index contributed by atoms with van der Waals surface area (Å²) in [6, 6.07) is 14.6. The van der Waals surface area contributed by atoms with Crippen molar-refractivity contribution in [3.8, 4) is 5.75 Å². The maximum atomic E-state index is 11.9. The van der Waals surface area contributed by atoms with Gasteiger partial charge in [0, 0.05) is 12.5 Å². The third-order valence-corrected chi connectivity index (χ3v) is 3.81. The van der Waals surface area contributed by atoms with Crippen LogP contribution in [0.15, 0.2) is 53.0 Å². The molecule has 2 aromatic rings. The maximum absolute atomic E-state index is 11.9. The molecule has 2 rings (SSSR count). The molecule has 0 radical (unpaired) electrons. The van der Waals surface area contributed by atoms with Crippen LogP contribution in [0.5, 0.6) is 5.75 Å². The number of phenolic OH excluding ortho intramolecular Hbond substituents is 1. The van der Waals surface area contributed by atoms with Crippen LogP contribution in [0.3, 0.4) is 0 Å². The number of halogens is 1. The molecular formula is C16H17BrN2O2. The second-order valence-electron chi connectivity index (χ2n) is 4.74. The highest BCUT2D eigenvalue weighted by atomic mass is 79.9. The van der Waals surface area contributed by atoms with E-state index in [1.807, 2.05) is 30.3 Å². The number of benzene rings is 2. The molecule has 0 spiro atoms. The molecule has 0 fully saturated rings. The van der Waals surface area contributed by atoms with Gasteiger partial charge in [-0.15, -0.1) is 0 Å².